The van der Waals surface area contributed by atoms with Gasteiger partial charge in [-0.15, -0.1) is 0 Å². The molecular formula is C46H51N7O5. The first-order valence-corrected chi connectivity index (χ1v) is 20.1. The second kappa shape index (κ2) is 17.9. The average Bonchev–Trinajstić information content (AvgIpc) is 4.01. The van der Waals surface area contributed by atoms with Crippen LogP contribution in [0.15, 0.2) is 109 Å². The zero-order valence-electron chi connectivity index (χ0n) is 33.2. The fraction of sp³-hybridized carbons (Fsp3) is 0.326. The number of likely N-dealkylation sites (tertiary alicyclic amines) is 2. The lowest BCUT2D eigenvalue weighted by Gasteiger charge is -2.31. The Bertz CT molecular complexity index is 2260. The van der Waals surface area contributed by atoms with Gasteiger partial charge in [0.25, 0.3) is 0 Å². The Morgan fingerprint density at radius 2 is 1.28 bits per heavy atom. The molecule has 2 aliphatic heterocycles. The van der Waals surface area contributed by atoms with Gasteiger partial charge in [0.1, 0.15) is 24.2 Å². The summed E-state index contributed by atoms with van der Waals surface area (Å²) in [7, 11) is 3.76. The first-order valence-electron chi connectivity index (χ1n) is 20.1. The van der Waals surface area contributed by atoms with E-state index < -0.39 is 24.2 Å². The van der Waals surface area contributed by atoms with E-state index in [0.29, 0.717) is 62.1 Å². The number of aromatic amines is 1. The average molecular weight is 782 g/mol. The van der Waals surface area contributed by atoms with Crippen LogP contribution in [0.5, 0.6) is 0 Å². The van der Waals surface area contributed by atoms with Gasteiger partial charge in [0, 0.05) is 47.5 Å². The van der Waals surface area contributed by atoms with Crippen LogP contribution in [0, 0.1) is 0 Å². The van der Waals surface area contributed by atoms with Crippen LogP contribution in [0.2, 0.25) is 0 Å². The lowest BCUT2D eigenvalue weighted by atomic mass is 10.0. The molecule has 5 aromatic rings. The molecule has 5 amide bonds. The SMILES string of the molecule is CCCC(=O)N[C@@H](C(=O)N1CCC[C@H]1C(=O)Nc1ccc2[nH]c(-c3ccc(NC(=O)[C@@H]4CCCN4C(=O)C(c4ccccc4)N(C)C)cc3)cc2c1)c1ccccc1. The predicted molar refractivity (Wildman–Crippen MR) is 226 cm³/mol. The maximum atomic E-state index is 13.9. The molecule has 2 fully saturated rings. The van der Waals surface area contributed by atoms with Crippen molar-refractivity contribution in [3.8, 4) is 11.3 Å². The van der Waals surface area contributed by atoms with E-state index in [2.05, 4.69) is 20.9 Å². The van der Waals surface area contributed by atoms with Gasteiger partial charge >= 0.3 is 0 Å². The number of carbonyl (C=O) groups excluding carboxylic acids is 5. The summed E-state index contributed by atoms with van der Waals surface area (Å²) in [4.78, 5) is 76.1. The minimum absolute atomic E-state index is 0.0808. The van der Waals surface area contributed by atoms with Crippen molar-refractivity contribution < 1.29 is 24.0 Å². The van der Waals surface area contributed by atoms with Gasteiger partial charge in [-0.25, -0.2) is 0 Å². The lowest BCUT2D eigenvalue weighted by Crippen LogP contribution is -2.48. The molecule has 1 aromatic heterocycles. The monoisotopic (exact) mass is 781 g/mol. The van der Waals surface area contributed by atoms with Crippen molar-refractivity contribution in [2.24, 2.45) is 0 Å². The molecular weight excluding hydrogens is 731 g/mol. The molecule has 0 radical (unpaired) electrons. The van der Waals surface area contributed by atoms with Crippen molar-refractivity contribution in [3.05, 3.63) is 120 Å². The number of anilines is 2. The Kier molecular flexibility index (Phi) is 12.3. The third kappa shape index (κ3) is 8.82. The predicted octanol–water partition coefficient (Wildman–Crippen LogP) is 6.65. The van der Waals surface area contributed by atoms with Crippen molar-refractivity contribution in [2.45, 2.75) is 69.6 Å². The molecule has 0 bridgehead atoms. The topological polar surface area (TPSA) is 147 Å². The summed E-state index contributed by atoms with van der Waals surface area (Å²) in [5, 5.41) is 9.85. The molecule has 7 rings (SSSR count). The van der Waals surface area contributed by atoms with E-state index in [0.717, 1.165) is 34.1 Å². The van der Waals surface area contributed by atoms with E-state index in [9.17, 15) is 24.0 Å². The van der Waals surface area contributed by atoms with Crippen LogP contribution in [-0.4, -0.2) is 88.5 Å². The first kappa shape index (κ1) is 39.9. The fourth-order valence-electron chi connectivity index (χ4n) is 8.17. The van der Waals surface area contributed by atoms with Crippen LogP contribution in [0.4, 0.5) is 11.4 Å². The fourth-order valence-corrected chi connectivity index (χ4v) is 8.17. The molecule has 58 heavy (non-hydrogen) atoms. The van der Waals surface area contributed by atoms with Crippen molar-refractivity contribution in [1.29, 1.82) is 0 Å². The molecule has 4 atom stereocenters. The maximum absolute atomic E-state index is 13.9. The number of aromatic nitrogens is 1. The third-order valence-electron chi connectivity index (χ3n) is 11.1. The van der Waals surface area contributed by atoms with E-state index in [4.69, 9.17) is 0 Å². The molecule has 0 spiro atoms. The van der Waals surface area contributed by atoms with Gasteiger partial charge in [-0.1, -0.05) is 79.7 Å². The minimum atomic E-state index is -0.872. The molecule has 4 N–H and O–H groups in total. The number of hydrogen-bond donors (Lipinski definition) is 4. The summed E-state index contributed by atoms with van der Waals surface area (Å²) in [6, 6.07) is 31.4. The molecule has 12 heteroatoms. The highest BCUT2D eigenvalue weighted by atomic mass is 16.2. The quantitative estimate of drug-likeness (QED) is 0.105. The Morgan fingerprint density at radius 3 is 1.88 bits per heavy atom. The number of H-pyrrole nitrogens is 1. The molecule has 3 heterocycles. The molecule has 300 valence electrons. The molecule has 4 aromatic carbocycles. The number of nitrogens with one attached hydrogen (secondary N) is 4. The lowest BCUT2D eigenvalue weighted by molar-refractivity contribution is -0.140. The number of hydrogen-bond acceptors (Lipinski definition) is 6. The van der Waals surface area contributed by atoms with Gasteiger partial charge in [0.15, 0.2) is 0 Å². The van der Waals surface area contributed by atoms with E-state index in [1.165, 1.54) is 0 Å². The van der Waals surface area contributed by atoms with Gasteiger partial charge < -0.3 is 30.7 Å². The second-order valence-corrected chi connectivity index (χ2v) is 15.4. The van der Waals surface area contributed by atoms with E-state index in [1.807, 2.05) is 135 Å². The van der Waals surface area contributed by atoms with Crippen LogP contribution in [0.3, 0.4) is 0 Å². The highest BCUT2D eigenvalue weighted by molar-refractivity contribution is 6.01. The minimum Gasteiger partial charge on any atom is -0.355 e. The summed E-state index contributed by atoms with van der Waals surface area (Å²) < 4.78 is 0. The molecule has 12 nitrogen and oxygen atoms in total. The zero-order chi connectivity index (χ0) is 40.8. The second-order valence-electron chi connectivity index (χ2n) is 15.4. The highest BCUT2D eigenvalue weighted by Crippen LogP contribution is 2.31. The Hall–Kier alpha value is -6.27. The largest absolute Gasteiger partial charge is 0.355 e. The molecule has 1 unspecified atom stereocenters. The van der Waals surface area contributed by atoms with Gasteiger partial charge in [-0.3, -0.25) is 28.9 Å². The standard InChI is InChI=1S/C46H51N7O5/c1-4-13-40(54)50-41(31-14-7-5-8-15-31)45(57)52-26-11-18-38(52)44(56)48-35-24-25-36-33(28-35)29-37(49-36)30-20-22-34(23-21-30)47-43(55)39-19-12-27-53(39)46(58)42(51(2)3)32-16-9-6-10-17-32/h5-10,14-17,20-25,28-29,38-39,41-42,49H,4,11-13,18-19,26-27H2,1-3H3,(H,47,55)(H,48,56)(H,50,54)/t38-,39-,41+,42?/m0/s1. The molecule has 2 saturated heterocycles. The number of rotatable bonds is 13. The number of nitrogens with zero attached hydrogens (tertiary/aromatic N) is 3. The van der Waals surface area contributed by atoms with Gasteiger partial charge in [-0.2, -0.15) is 0 Å². The van der Waals surface area contributed by atoms with Crippen LogP contribution >= 0.6 is 0 Å². The summed E-state index contributed by atoms with van der Waals surface area (Å²) >= 11 is 0. The Balaban J connectivity index is 0.991. The van der Waals surface area contributed by atoms with Crippen LogP contribution in [0.25, 0.3) is 22.2 Å². The number of carbonyl (C=O) groups is 5. The molecule has 0 saturated carbocycles. The van der Waals surface area contributed by atoms with Gasteiger partial charge in [0.2, 0.25) is 29.5 Å². The summed E-state index contributed by atoms with van der Waals surface area (Å²) in [5.74, 6) is -1.06. The first-order chi connectivity index (χ1) is 28.1. The van der Waals surface area contributed by atoms with Crippen molar-refractivity contribution in [1.82, 2.24) is 25.0 Å². The van der Waals surface area contributed by atoms with Crippen molar-refractivity contribution >= 4 is 51.8 Å². The Morgan fingerprint density at radius 1 is 0.707 bits per heavy atom. The zero-order valence-corrected chi connectivity index (χ0v) is 33.2. The normalized spacial score (nSPS) is 17.6. The third-order valence-corrected chi connectivity index (χ3v) is 11.1. The smallest absolute Gasteiger partial charge is 0.250 e. The number of amides is 5. The number of benzene rings is 4. The van der Waals surface area contributed by atoms with Crippen LogP contribution in [0.1, 0.15) is 68.7 Å². The number of fused-ring (bicyclic) bond motifs is 1. The van der Waals surface area contributed by atoms with E-state index in [1.54, 1.807) is 9.80 Å². The summed E-state index contributed by atoms with van der Waals surface area (Å²) in [6.07, 6.45) is 3.54. The van der Waals surface area contributed by atoms with E-state index >= 15 is 0 Å². The highest BCUT2D eigenvalue weighted by Gasteiger charge is 2.40. The van der Waals surface area contributed by atoms with Crippen LogP contribution < -0.4 is 16.0 Å². The molecule has 2 aliphatic rings. The van der Waals surface area contributed by atoms with Crippen molar-refractivity contribution in [3.63, 3.8) is 0 Å². The van der Waals surface area contributed by atoms with Gasteiger partial charge in [0.05, 0.1) is 0 Å². The number of likely N-dealkylation sites (N-methyl/N-ethyl adjacent to an activating group) is 1. The Labute approximate surface area is 339 Å². The molecule has 0 aliphatic carbocycles. The van der Waals surface area contributed by atoms with Crippen molar-refractivity contribution in [2.75, 3.05) is 37.8 Å². The maximum Gasteiger partial charge on any atom is 0.250 e. The summed E-state index contributed by atoms with van der Waals surface area (Å²) in [6.45, 7) is 2.88. The van der Waals surface area contributed by atoms with E-state index in [-0.39, 0.29) is 29.5 Å². The van der Waals surface area contributed by atoms with Crippen LogP contribution in [-0.2, 0) is 24.0 Å². The summed E-state index contributed by atoms with van der Waals surface area (Å²) in [5.41, 5.74) is 5.48. The van der Waals surface area contributed by atoms with Gasteiger partial charge in [-0.05, 0) is 99.3 Å².